The Morgan fingerprint density at radius 3 is 2.78 bits per heavy atom. The Kier molecular flexibility index (Phi) is 6.67. The van der Waals surface area contributed by atoms with Gasteiger partial charge in [0.15, 0.2) is 0 Å². The van der Waals surface area contributed by atoms with Gasteiger partial charge in [0.1, 0.15) is 18.2 Å². The molecule has 0 radical (unpaired) electrons. The van der Waals surface area contributed by atoms with Crippen LogP contribution in [0.2, 0.25) is 0 Å². The molecule has 32 heavy (non-hydrogen) atoms. The second-order valence-electron chi connectivity index (χ2n) is 8.80. The summed E-state index contributed by atoms with van der Waals surface area (Å²) in [6, 6.07) is 12.6. The number of carbonyl (C=O) groups excluding carboxylic acids is 1. The van der Waals surface area contributed by atoms with Gasteiger partial charge in [0.2, 0.25) is 0 Å². The molecule has 2 aliphatic rings. The summed E-state index contributed by atoms with van der Waals surface area (Å²) < 4.78 is 25.7. The molecule has 2 fully saturated rings. The summed E-state index contributed by atoms with van der Waals surface area (Å²) in [5, 5.41) is 13.6. The fraction of sp³-hybridized carbons (Fsp3) is 0.480. The summed E-state index contributed by atoms with van der Waals surface area (Å²) in [5.74, 6) is 0.172. The molecule has 2 aliphatic heterocycles. The van der Waals surface area contributed by atoms with Crippen LogP contribution in [0.4, 0.5) is 9.18 Å². The van der Waals surface area contributed by atoms with Crippen LogP contribution in [-0.2, 0) is 16.9 Å². The van der Waals surface area contributed by atoms with Gasteiger partial charge in [0.25, 0.3) is 0 Å². The molecule has 2 aromatic rings. The van der Waals surface area contributed by atoms with Crippen molar-refractivity contribution in [2.24, 2.45) is 0 Å². The number of aliphatic hydroxyl groups is 1. The topological polar surface area (TPSA) is 71.0 Å². The molecule has 0 aliphatic carbocycles. The number of nitrogens with one attached hydrogen (secondary N) is 1. The fourth-order valence-electron chi connectivity index (χ4n) is 4.82. The molecular formula is C25H31FN2O4. The van der Waals surface area contributed by atoms with Gasteiger partial charge in [-0.2, -0.15) is 0 Å². The lowest BCUT2D eigenvalue weighted by Crippen LogP contribution is -2.40. The largest absolute Gasteiger partial charge is 0.489 e. The van der Waals surface area contributed by atoms with Crippen LogP contribution in [0.15, 0.2) is 42.5 Å². The first-order chi connectivity index (χ1) is 15.4. The van der Waals surface area contributed by atoms with E-state index in [1.807, 2.05) is 23.1 Å². The van der Waals surface area contributed by atoms with Gasteiger partial charge in [-0.25, -0.2) is 9.18 Å². The minimum Gasteiger partial charge on any atom is -0.489 e. The molecule has 2 heterocycles. The average molecular weight is 443 g/mol. The van der Waals surface area contributed by atoms with Crippen LogP contribution < -0.4 is 10.1 Å². The molecule has 2 amide bonds. The minimum atomic E-state index is -1.10. The van der Waals surface area contributed by atoms with Crippen LogP contribution in [-0.4, -0.2) is 48.9 Å². The number of halogens is 1. The van der Waals surface area contributed by atoms with Crippen molar-refractivity contribution in [3.8, 4) is 5.75 Å². The third-order valence-corrected chi connectivity index (χ3v) is 6.67. The maximum Gasteiger partial charge on any atom is 0.317 e. The monoisotopic (exact) mass is 442 g/mol. The van der Waals surface area contributed by atoms with Crippen LogP contribution >= 0.6 is 0 Å². The molecule has 2 saturated heterocycles. The fourth-order valence-corrected chi connectivity index (χ4v) is 4.82. The third kappa shape index (κ3) is 4.74. The minimum absolute atomic E-state index is 0.0629. The zero-order valence-corrected chi connectivity index (χ0v) is 18.6. The Hall–Kier alpha value is -2.64. The third-order valence-electron chi connectivity index (χ3n) is 6.67. The van der Waals surface area contributed by atoms with E-state index in [0.29, 0.717) is 43.9 Å². The van der Waals surface area contributed by atoms with E-state index in [-0.39, 0.29) is 24.6 Å². The van der Waals surface area contributed by atoms with Gasteiger partial charge >= 0.3 is 6.03 Å². The van der Waals surface area contributed by atoms with Gasteiger partial charge in [0.05, 0.1) is 5.60 Å². The Morgan fingerprint density at radius 2 is 2.03 bits per heavy atom. The number of ether oxygens (including phenoxy) is 2. The summed E-state index contributed by atoms with van der Waals surface area (Å²) in [5.41, 5.74) is 1.58. The maximum atomic E-state index is 14.3. The number of likely N-dealkylation sites (tertiary alicyclic amines) is 1. The summed E-state index contributed by atoms with van der Waals surface area (Å²) in [4.78, 5) is 14.0. The molecule has 0 saturated carbocycles. The SMILES string of the molecule is CNC(=O)N1CC(c2ccccc2COc2cc(F)cc(C3(O)CCOCC3)c2)CC1C. The molecule has 2 atom stereocenters. The average Bonchev–Trinajstić information content (AvgIpc) is 3.19. The molecular weight excluding hydrogens is 411 g/mol. The summed E-state index contributed by atoms with van der Waals surface area (Å²) in [6.07, 6.45) is 1.74. The predicted octanol–water partition coefficient (Wildman–Crippen LogP) is 3.92. The molecule has 0 spiro atoms. The smallest absolute Gasteiger partial charge is 0.317 e. The van der Waals surface area contributed by atoms with Crippen molar-refractivity contribution in [2.45, 2.75) is 50.4 Å². The number of nitrogens with zero attached hydrogens (tertiary/aromatic N) is 1. The van der Waals surface area contributed by atoms with Gasteiger partial charge in [-0.15, -0.1) is 0 Å². The van der Waals surface area contributed by atoms with Gasteiger partial charge in [-0.05, 0) is 42.2 Å². The highest BCUT2D eigenvalue weighted by atomic mass is 19.1. The lowest BCUT2D eigenvalue weighted by molar-refractivity contribution is -0.0681. The number of amides is 2. The van der Waals surface area contributed by atoms with Crippen molar-refractivity contribution in [3.05, 3.63) is 65.0 Å². The molecule has 2 aromatic carbocycles. The van der Waals surface area contributed by atoms with Crippen molar-refractivity contribution in [3.63, 3.8) is 0 Å². The molecule has 4 rings (SSSR count). The van der Waals surface area contributed by atoms with Gasteiger partial charge in [-0.3, -0.25) is 0 Å². The van der Waals surface area contributed by atoms with Crippen LogP contribution in [0.1, 0.15) is 48.8 Å². The molecule has 0 bridgehead atoms. The van der Waals surface area contributed by atoms with Crippen LogP contribution in [0.5, 0.6) is 5.75 Å². The Bertz CT molecular complexity index is 961. The standard InChI is InChI=1S/C25H31FN2O4/c1-17-11-19(15-28(17)24(29)27-2)23-6-4-3-5-18(23)16-32-22-13-20(12-21(26)14-22)25(30)7-9-31-10-8-25/h3-6,12-14,17,19,30H,7-11,15-16H2,1-2H3,(H,27,29). The van der Waals surface area contributed by atoms with Crippen molar-refractivity contribution >= 4 is 6.03 Å². The highest BCUT2D eigenvalue weighted by Gasteiger charge is 2.34. The van der Waals surface area contributed by atoms with E-state index in [1.54, 1.807) is 13.1 Å². The number of rotatable bonds is 5. The zero-order valence-electron chi connectivity index (χ0n) is 18.6. The first-order valence-corrected chi connectivity index (χ1v) is 11.2. The van der Waals surface area contributed by atoms with E-state index in [9.17, 15) is 14.3 Å². The summed E-state index contributed by atoms with van der Waals surface area (Å²) in [6.45, 7) is 3.89. The van der Waals surface area contributed by atoms with Crippen molar-refractivity contribution in [1.29, 1.82) is 0 Å². The number of hydrogen-bond acceptors (Lipinski definition) is 4. The van der Waals surface area contributed by atoms with Crippen molar-refractivity contribution in [1.82, 2.24) is 10.2 Å². The normalized spacial score (nSPS) is 22.6. The maximum absolute atomic E-state index is 14.3. The summed E-state index contributed by atoms with van der Waals surface area (Å²) in [7, 11) is 1.65. The van der Waals surface area contributed by atoms with Gasteiger partial charge in [0, 0.05) is 57.7 Å². The van der Waals surface area contributed by atoms with Gasteiger partial charge < -0.3 is 24.8 Å². The lowest BCUT2D eigenvalue weighted by atomic mass is 9.86. The lowest BCUT2D eigenvalue weighted by Gasteiger charge is -2.32. The Morgan fingerprint density at radius 1 is 1.28 bits per heavy atom. The van der Waals surface area contributed by atoms with E-state index in [0.717, 1.165) is 17.5 Å². The van der Waals surface area contributed by atoms with Crippen LogP contribution in [0, 0.1) is 5.82 Å². The van der Waals surface area contributed by atoms with Crippen molar-refractivity contribution < 1.29 is 23.8 Å². The number of urea groups is 1. The molecule has 2 unspecified atom stereocenters. The first kappa shape index (κ1) is 22.6. The molecule has 7 heteroatoms. The van der Waals surface area contributed by atoms with Crippen LogP contribution in [0.25, 0.3) is 0 Å². The Balaban J connectivity index is 1.50. The van der Waals surface area contributed by atoms with E-state index < -0.39 is 11.4 Å². The van der Waals surface area contributed by atoms with E-state index >= 15 is 0 Å². The van der Waals surface area contributed by atoms with Gasteiger partial charge in [-0.1, -0.05) is 24.3 Å². The first-order valence-electron chi connectivity index (χ1n) is 11.2. The van der Waals surface area contributed by atoms with E-state index in [2.05, 4.69) is 18.3 Å². The second-order valence-corrected chi connectivity index (χ2v) is 8.80. The second kappa shape index (κ2) is 9.46. The number of carbonyl (C=O) groups is 1. The molecule has 2 N–H and O–H groups in total. The highest BCUT2D eigenvalue weighted by molar-refractivity contribution is 5.74. The highest BCUT2D eigenvalue weighted by Crippen LogP contribution is 2.36. The number of benzene rings is 2. The molecule has 6 nitrogen and oxygen atoms in total. The predicted molar refractivity (Wildman–Crippen MR) is 119 cm³/mol. The van der Waals surface area contributed by atoms with Crippen LogP contribution in [0.3, 0.4) is 0 Å². The summed E-state index contributed by atoms with van der Waals surface area (Å²) >= 11 is 0. The Labute approximate surface area is 188 Å². The molecule has 172 valence electrons. The molecule has 0 aromatic heterocycles. The van der Waals surface area contributed by atoms with E-state index in [4.69, 9.17) is 9.47 Å². The van der Waals surface area contributed by atoms with Crippen molar-refractivity contribution in [2.75, 3.05) is 26.8 Å². The quantitative estimate of drug-likeness (QED) is 0.736. The zero-order chi connectivity index (χ0) is 22.7. The number of hydrogen-bond donors (Lipinski definition) is 2. The van der Waals surface area contributed by atoms with E-state index in [1.165, 1.54) is 12.1 Å².